The number of oxazole rings is 1. The van der Waals surface area contributed by atoms with Crippen LogP contribution in [0.1, 0.15) is 31.2 Å². The van der Waals surface area contributed by atoms with E-state index in [1.165, 1.54) is 4.57 Å². The SMILES string of the molecule is C[C@H]1CC(c2ccc3c(c2)oc(=O)n3C)CCN1C(N)=O. The van der Waals surface area contributed by atoms with Crippen molar-refractivity contribution < 1.29 is 9.21 Å². The number of hydrogen-bond donors (Lipinski definition) is 1. The molecule has 112 valence electrons. The van der Waals surface area contributed by atoms with Gasteiger partial charge in [-0.3, -0.25) is 4.57 Å². The smallest absolute Gasteiger partial charge is 0.408 e. The van der Waals surface area contributed by atoms with Crippen LogP contribution < -0.4 is 11.5 Å². The molecule has 21 heavy (non-hydrogen) atoms. The fourth-order valence-electron chi connectivity index (χ4n) is 3.21. The topological polar surface area (TPSA) is 81.5 Å². The maximum Gasteiger partial charge on any atom is 0.419 e. The zero-order valence-corrected chi connectivity index (χ0v) is 12.2. The van der Waals surface area contributed by atoms with Crippen molar-refractivity contribution in [1.29, 1.82) is 0 Å². The summed E-state index contributed by atoms with van der Waals surface area (Å²) in [6.07, 6.45) is 1.74. The molecule has 2 N–H and O–H groups in total. The Labute approximate surface area is 122 Å². The first-order valence-corrected chi connectivity index (χ1v) is 7.13. The molecule has 3 rings (SSSR count). The van der Waals surface area contributed by atoms with Crippen molar-refractivity contribution >= 4 is 17.1 Å². The number of piperidine rings is 1. The highest BCUT2D eigenvalue weighted by atomic mass is 16.4. The van der Waals surface area contributed by atoms with Crippen LogP contribution >= 0.6 is 0 Å². The maximum absolute atomic E-state index is 11.5. The van der Waals surface area contributed by atoms with Crippen molar-refractivity contribution in [2.24, 2.45) is 12.8 Å². The molecule has 1 aliphatic rings. The van der Waals surface area contributed by atoms with Crippen LogP contribution in [0.25, 0.3) is 11.1 Å². The van der Waals surface area contributed by atoms with Gasteiger partial charge in [0.2, 0.25) is 0 Å². The van der Waals surface area contributed by atoms with Gasteiger partial charge in [-0.05, 0) is 43.4 Å². The Morgan fingerprint density at radius 2 is 2.19 bits per heavy atom. The van der Waals surface area contributed by atoms with Gasteiger partial charge < -0.3 is 15.1 Å². The van der Waals surface area contributed by atoms with Gasteiger partial charge in [-0.1, -0.05) is 6.07 Å². The lowest BCUT2D eigenvalue weighted by Crippen LogP contribution is -2.46. The van der Waals surface area contributed by atoms with E-state index in [4.69, 9.17) is 10.2 Å². The third-order valence-electron chi connectivity index (χ3n) is 4.45. The van der Waals surface area contributed by atoms with E-state index < -0.39 is 0 Å². The van der Waals surface area contributed by atoms with E-state index in [9.17, 15) is 9.59 Å². The van der Waals surface area contributed by atoms with Crippen LogP contribution in [0.2, 0.25) is 0 Å². The number of nitrogens with zero attached hydrogens (tertiary/aromatic N) is 2. The summed E-state index contributed by atoms with van der Waals surface area (Å²) in [5, 5.41) is 0. The number of primary amides is 1. The maximum atomic E-state index is 11.5. The lowest BCUT2D eigenvalue weighted by atomic mass is 9.86. The van der Waals surface area contributed by atoms with E-state index in [1.54, 1.807) is 11.9 Å². The van der Waals surface area contributed by atoms with Crippen molar-refractivity contribution in [1.82, 2.24) is 9.47 Å². The van der Waals surface area contributed by atoms with E-state index in [2.05, 4.69) is 0 Å². The van der Waals surface area contributed by atoms with Crippen molar-refractivity contribution in [2.45, 2.75) is 31.7 Å². The molecule has 6 heteroatoms. The first-order chi connectivity index (χ1) is 9.97. The number of aryl methyl sites for hydroxylation is 1. The molecule has 1 unspecified atom stereocenters. The minimum absolute atomic E-state index is 0.125. The number of rotatable bonds is 1. The summed E-state index contributed by atoms with van der Waals surface area (Å²) in [4.78, 5) is 24.6. The molecule has 0 radical (unpaired) electrons. The summed E-state index contributed by atoms with van der Waals surface area (Å²) in [5.41, 5.74) is 7.93. The third kappa shape index (κ3) is 2.30. The predicted octanol–water partition coefficient (Wildman–Crippen LogP) is 1.78. The summed E-state index contributed by atoms with van der Waals surface area (Å²) in [7, 11) is 1.70. The van der Waals surface area contributed by atoms with Gasteiger partial charge in [0.05, 0.1) is 5.52 Å². The number of carbonyl (C=O) groups is 1. The van der Waals surface area contributed by atoms with Crippen LogP contribution in [0.4, 0.5) is 4.79 Å². The average Bonchev–Trinajstić information content (AvgIpc) is 2.73. The standard InChI is InChI=1S/C15H19N3O3/c1-9-7-11(5-6-18(9)14(16)19)10-3-4-12-13(8-10)21-15(20)17(12)2/h3-4,8-9,11H,5-7H2,1-2H3,(H2,16,19)/t9-,11?/m0/s1. The highest BCUT2D eigenvalue weighted by Gasteiger charge is 2.28. The normalized spacial score (nSPS) is 22.7. The molecule has 0 spiro atoms. The van der Waals surface area contributed by atoms with Crippen LogP contribution in [-0.2, 0) is 7.05 Å². The van der Waals surface area contributed by atoms with E-state index in [1.807, 2.05) is 25.1 Å². The second kappa shape index (κ2) is 4.95. The second-order valence-electron chi connectivity index (χ2n) is 5.76. The molecule has 1 saturated heterocycles. The Bertz CT molecular complexity index is 746. The molecule has 1 aliphatic heterocycles. The van der Waals surface area contributed by atoms with E-state index in [-0.39, 0.29) is 17.8 Å². The molecule has 2 amide bonds. The summed E-state index contributed by atoms with van der Waals surface area (Å²) < 4.78 is 6.74. The van der Waals surface area contributed by atoms with Crippen molar-refractivity contribution in [3.05, 3.63) is 34.3 Å². The number of benzene rings is 1. The summed E-state index contributed by atoms with van der Waals surface area (Å²) in [6, 6.07) is 5.66. The van der Waals surface area contributed by atoms with Gasteiger partial charge in [-0.2, -0.15) is 0 Å². The Kier molecular flexibility index (Phi) is 3.23. The number of aromatic nitrogens is 1. The largest absolute Gasteiger partial charge is 0.419 e. The van der Waals surface area contributed by atoms with E-state index >= 15 is 0 Å². The van der Waals surface area contributed by atoms with Crippen LogP contribution in [0.3, 0.4) is 0 Å². The van der Waals surface area contributed by atoms with Gasteiger partial charge in [0.15, 0.2) is 5.58 Å². The molecule has 2 heterocycles. The van der Waals surface area contributed by atoms with Crippen molar-refractivity contribution in [3.8, 4) is 0 Å². The number of nitrogens with two attached hydrogens (primary N) is 1. The highest BCUT2D eigenvalue weighted by Crippen LogP contribution is 2.32. The first-order valence-electron chi connectivity index (χ1n) is 7.13. The number of hydrogen-bond acceptors (Lipinski definition) is 3. The summed E-state index contributed by atoms with van der Waals surface area (Å²) in [6.45, 7) is 2.68. The molecular weight excluding hydrogens is 270 g/mol. The van der Waals surface area contributed by atoms with Gasteiger partial charge in [0.1, 0.15) is 0 Å². The molecule has 1 fully saturated rings. The predicted molar refractivity (Wildman–Crippen MR) is 79.2 cm³/mol. The second-order valence-corrected chi connectivity index (χ2v) is 5.76. The average molecular weight is 289 g/mol. The van der Waals surface area contributed by atoms with Gasteiger partial charge in [-0.25, -0.2) is 9.59 Å². The van der Waals surface area contributed by atoms with Crippen molar-refractivity contribution in [3.63, 3.8) is 0 Å². The van der Waals surface area contributed by atoms with Crippen LogP contribution in [0, 0.1) is 0 Å². The van der Waals surface area contributed by atoms with Gasteiger partial charge >= 0.3 is 11.8 Å². The quantitative estimate of drug-likeness (QED) is 0.868. The molecule has 0 aliphatic carbocycles. The van der Waals surface area contributed by atoms with Crippen LogP contribution in [0.5, 0.6) is 0 Å². The lowest BCUT2D eigenvalue weighted by molar-refractivity contribution is 0.158. The Morgan fingerprint density at radius 1 is 1.43 bits per heavy atom. The number of carbonyl (C=O) groups excluding carboxylic acids is 1. The highest BCUT2D eigenvalue weighted by molar-refractivity contribution is 5.74. The Morgan fingerprint density at radius 3 is 2.86 bits per heavy atom. The Balaban J connectivity index is 1.88. The van der Waals surface area contributed by atoms with Gasteiger partial charge in [-0.15, -0.1) is 0 Å². The molecule has 1 aromatic carbocycles. The first kappa shape index (κ1) is 13.7. The molecule has 2 aromatic rings. The molecule has 1 aromatic heterocycles. The minimum atomic E-state index is -0.356. The van der Waals surface area contributed by atoms with Crippen molar-refractivity contribution in [2.75, 3.05) is 6.54 Å². The van der Waals surface area contributed by atoms with Crippen LogP contribution in [0.15, 0.2) is 27.4 Å². The molecule has 2 atom stereocenters. The fourth-order valence-corrected chi connectivity index (χ4v) is 3.21. The zero-order valence-electron chi connectivity index (χ0n) is 12.2. The lowest BCUT2D eigenvalue weighted by Gasteiger charge is -2.36. The molecule has 0 saturated carbocycles. The number of amides is 2. The number of urea groups is 1. The van der Waals surface area contributed by atoms with Gasteiger partial charge in [0, 0.05) is 19.6 Å². The van der Waals surface area contributed by atoms with E-state index in [0.29, 0.717) is 18.0 Å². The van der Waals surface area contributed by atoms with Crippen LogP contribution in [-0.4, -0.2) is 28.1 Å². The fraction of sp³-hybridized carbons (Fsp3) is 0.467. The molecule has 6 nitrogen and oxygen atoms in total. The summed E-state index contributed by atoms with van der Waals surface area (Å²) >= 11 is 0. The monoisotopic (exact) mass is 289 g/mol. The molecular formula is C15H19N3O3. The number of likely N-dealkylation sites (tertiary alicyclic amines) is 1. The molecule has 0 bridgehead atoms. The minimum Gasteiger partial charge on any atom is -0.408 e. The van der Waals surface area contributed by atoms with Gasteiger partial charge in [0.25, 0.3) is 0 Å². The zero-order chi connectivity index (χ0) is 15.1. The Hall–Kier alpha value is -2.24. The van der Waals surface area contributed by atoms with E-state index in [0.717, 1.165) is 23.9 Å². The number of fused-ring (bicyclic) bond motifs is 1. The third-order valence-corrected chi connectivity index (χ3v) is 4.45. The summed E-state index contributed by atoms with van der Waals surface area (Å²) in [5.74, 6) is 0.00424.